The quantitative estimate of drug-likeness (QED) is 0.644. The Bertz CT molecular complexity index is 875. The first-order valence-corrected chi connectivity index (χ1v) is 12.6. The summed E-state index contributed by atoms with van der Waals surface area (Å²) in [7, 11) is -3.42. The fourth-order valence-corrected chi connectivity index (χ4v) is 6.24. The average molecular weight is 485 g/mol. The fourth-order valence-electron chi connectivity index (χ4n) is 3.36. The van der Waals surface area contributed by atoms with Gasteiger partial charge in [0.2, 0.25) is 5.91 Å². The molecule has 1 saturated heterocycles. The lowest BCUT2D eigenvalue weighted by atomic mass is 9.96. The maximum absolute atomic E-state index is 12.6. The molecule has 0 spiro atoms. The van der Waals surface area contributed by atoms with Crippen molar-refractivity contribution in [2.24, 2.45) is 5.92 Å². The third-order valence-electron chi connectivity index (χ3n) is 5.08. The number of nitrogens with zero attached hydrogens (tertiary/aromatic N) is 1. The topological polar surface area (TPSA) is 66.5 Å². The first-order valence-electron chi connectivity index (χ1n) is 9.45. The van der Waals surface area contributed by atoms with Gasteiger partial charge in [-0.3, -0.25) is 4.79 Å². The summed E-state index contributed by atoms with van der Waals surface area (Å²) < 4.78 is 28.1. The highest BCUT2D eigenvalue weighted by Crippen LogP contribution is 2.26. The lowest BCUT2D eigenvalue weighted by molar-refractivity contribution is -0.126. The van der Waals surface area contributed by atoms with E-state index >= 15 is 0 Å². The number of rotatable bonds is 7. The Kier molecular flexibility index (Phi) is 7.31. The van der Waals surface area contributed by atoms with E-state index in [9.17, 15) is 13.2 Å². The van der Waals surface area contributed by atoms with E-state index in [0.29, 0.717) is 30.1 Å². The molecule has 1 N–H and O–H groups in total. The van der Waals surface area contributed by atoms with Crippen molar-refractivity contribution in [1.82, 2.24) is 9.62 Å². The Labute approximate surface area is 179 Å². The summed E-state index contributed by atoms with van der Waals surface area (Å²) in [6.07, 6.45) is 2.91. The number of carbonyl (C=O) groups excluding carboxylic acids is 1. The van der Waals surface area contributed by atoms with Crippen LogP contribution in [0.1, 0.15) is 31.7 Å². The predicted molar refractivity (Wildman–Crippen MR) is 116 cm³/mol. The molecule has 1 atom stereocenters. The highest BCUT2D eigenvalue weighted by atomic mass is 79.9. The minimum atomic E-state index is -3.42. The van der Waals surface area contributed by atoms with Crippen molar-refractivity contribution in [3.05, 3.63) is 51.8 Å². The van der Waals surface area contributed by atoms with E-state index in [1.165, 1.54) is 21.2 Å². The molecule has 0 saturated carbocycles. The number of sulfonamides is 1. The molecule has 1 amide bonds. The zero-order chi connectivity index (χ0) is 20.1. The number of amides is 1. The highest BCUT2D eigenvalue weighted by Gasteiger charge is 2.32. The number of aryl methyl sites for hydroxylation is 1. The summed E-state index contributed by atoms with van der Waals surface area (Å²) in [5.41, 5.74) is 1.25. The van der Waals surface area contributed by atoms with Crippen molar-refractivity contribution >= 4 is 43.2 Å². The van der Waals surface area contributed by atoms with Gasteiger partial charge in [-0.05, 0) is 61.7 Å². The summed E-state index contributed by atoms with van der Waals surface area (Å²) in [6.45, 7) is 2.81. The second-order valence-corrected chi connectivity index (χ2v) is 11.2. The summed E-state index contributed by atoms with van der Waals surface area (Å²) in [5, 5.41) is 4.86. The zero-order valence-corrected chi connectivity index (χ0v) is 19.0. The second-order valence-electron chi connectivity index (χ2n) is 7.19. The summed E-state index contributed by atoms with van der Waals surface area (Å²) in [4.78, 5) is 12.6. The number of benzene rings is 1. The van der Waals surface area contributed by atoms with Gasteiger partial charge in [0, 0.05) is 29.5 Å². The largest absolute Gasteiger partial charge is 0.353 e. The van der Waals surface area contributed by atoms with Crippen molar-refractivity contribution < 1.29 is 13.2 Å². The van der Waals surface area contributed by atoms with Crippen LogP contribution in [0.15, 0.2) is 50.5 Å². The van der Waals surface area contributed by atoms with Crippen molar-refractivity contribution in [3.8, 4) is 0 Å². The highest BCUT2D eigenvalue weighted by molar-refractivity contribution is 9.10. The lowest BCUT2D eigenvalue weighted by Gasteiger charge is -2.30. The average Bonchev–Trinajstić information content (AvgIpc) is 3.23. The van der Waals surface area contributed by atoms with Crippen LogP contribution in [-0.4, -0.2) is 37.8 Å². The number of hydrogen-bond donors (Lipinski definition) is 1. The number of thiophene rings is 1. The number of hydrogen-bond acceptors (Lipinski definition) is 4. The first kappa shape index (κ1) is 21.5. The van der Waals surface area contributed by atoms with Crippen molar-refractivity contribution in [2.45, 2.75) is 42.9 Å². The van der Waals surface area contributed by atoms with Crippen LogP contribution < -0.4 is 5.32 Å². The van der Waals surface area contributed by atoms with Gasteiger partial charge in [0.15, 0.2) is 0 Å². The molecule has 8 heteroatoms. The van der Waals surface area contributed by atoms with Gasteiger partial charge in [0.25, 0.3) is 10.0 Å². The number of carbonyl (C=O) groups is 1. The third-order valence-corrected chi connectivity index (χ3v) is 8.88. The van der Waals surface area contributed by atoms with Crippen LogP contribution in [0.5, 0.6) is 0 Å². The summed E-state index contributed by atoms with van der Waals surface area (Å²) >= 11 is 4.66. The SMILES string of the molecule is CC(CCc1ccc(Br)cc1)NC(=O)C1CCN(S(=O)(=O)c2cccs2)CC1. The Hall–Kier alpha value is -1.22. The van der Waals surface area contributed by atoms with Gasteiger partial charge in [-0.1, -0.05) is 34.1 Å². The van der Waals surface area contributed by atoms with Crippen LogP contribution in [-0.2, 0) is 21.2 Å². The Morgan fingerprint density at radius 3 is 2.54 bits per heavy atom. The number of halogens is 1. The molecule has 0 radical (unpaired) electrons. The fraction of sp³-hybridized carbons (Fsp3) is 0.450. The molecule has 28 heavy (non-hydrogen) atoms. The predicted octanol–water partition coefficient (Wildman–Crippen LogP) is 4.05. The minimum Gasteiger partial charge on any atom is -0.353 e. The standard InChI is InChI=1S/C20H25BrN2O3S2/c1-15(4-5-16-6-8-18(21)9-7-16)22-20(24)17-10-12-23(13-11-17)28(25,26)19-3-2-14-27-19/h2-3,6-9,14-15,17H,4-5,10-13H2,1H3,(H,22,24). The molecule has 1 aliphatic rings. The molecular weight excluding hydrogens is 460 g/mol. The first-order chi connectivity index (χ1) is 13.4. The van der Waals surface area contributed by atoms with E-state index in [0.717, 1.165) is 17.3 Å². The lowest BCUT2D eigenvalue weighted by Crippen LogP contribution is -2.44. The van der Waals surface area contributed by atoms with Crippen molar-refractivity contribution in [1.29, 1.82) is 0 Å². The van der Waals surface area contributed by atoms with Gasteiger partial charge in [-0.2, -0.15) is 4.31 Å². The molecule has 3 rings (SSSR count). The molecule has 1 unspecified atom stereocenters. The van der Waals surface area contributed by atoms with E-state index in [1.54, 1.807) is 17.5 Å². The van der Waals surface area contributed by atoms with Crippen molar-refractivity contribution in [3.63, 3.8) is 0 Å². The van der Waals surface area contributed by atoms with Crippen LogP contribution >= 0.6 is 27.3 Å². The molecule has 5 nitrogen and oxygen atoms in total. The van der Waals surface area contributed by atoms with E-state index in [1.807, 2.05) is 19.1 Å². The molecule has 1 aliphatic heterocycles. The van der Waals surface area contributed by atoms with Crippen molar-refractivity contribution in [2.75, 3.05) is 13.1 Å². The summed E-state index contributed by atoms with van der Waals surface area (Å²) in [6, 6.07) is 11.7. The Morgan fingerprint density at radius 2 is 1.93 bits per heavy atom. The normalized spacial score (nSPS) is 17.4. The second kappa shape index (κ2) is 9.52. The molecule has 2 heterocycles. The molecule has 1 fully saturated rings. The van der Waals surface area contributed by atoms with Crippen LogP contribution in [0.25, 0.3) is 0 Å². The molecule has 0 aliphatic carbocycles. The van der Waals surface area contributed by atoms with Crippen LogP contribution in [0.4, 0.5) is 0 Å². The number of nitrogens with one attached hydrogen (secondary N) is 1. The zero-order valence-electron chi connectivity index (χ0n) is 15.8. The molecule has 152 valence electrons. The molecule has 1 aromatic carbocycles. The van der Waals surface area contributed by atoms with Gasteiger partial charge in [-0.15, -0.1) is 11.3 Å². The van der Waals surface area contributed by atoms with E-state index < -0.39 is 10.0 Å². The van der Waals surface area contributed by atoms with E-state index in [-0.39, 0.29) is 17.9 Å². The number of piperidine rings is 1. The van der Waals surface area contributed by atoms with Gasteiger partial charge < -0.3 is 5.32 Å². The molecular formula is C20H25BrN2O3S2. The summed E-state index contributed by atoms with van der Waals surface area (Å²) in [5.74, 6) is -0.0820. The monoisotopic (exact) mass is 484 g/mol. The van der Waals surface area contributed by atoms with Gasteiger partial charge >= 0.3 is 0 Å². The Morgan fingerprint density at radius 1 is 1.25 bits per heavy atom. The molecule has 2 aromatic rings. The van der Waals surface area contributed by atoms with Gasteiger partial charge in [0.05, 0.1) is 0 Å². The van der Waals surface area contributed by atoms with Crippen LogP contribution in [0, 0.1) is 5.92 Å². The van der Waals surface area contributed by atoms with Gasteiger partial charge in [0.1, 0.15) is 4.21 Å². The molecule has 1 aromatic heterocycles. The van der Waals surface area contributed by atoms with Crippen LogP contribution in [0.2, 0.25) is 0 Å². The van der Waals surface area contributed by atoms with Crippen LogP contribution in [0.3, 0.4) is 0 Å². The van der Waals surface area contributed by atoms with E-state index in [4.69, 9.17) is 0 Å². The third kappa shape index (κ3) is 5.43. The van der Waals surface area contributed by atoms with Gasteiger partial charge in [-0.25, -0.2) is 8.42 Å². The molecule has 0 bridgehead atoms. The van der Waals surface area contributed by atoms with E-state index in [2.05, 4.69) is 33.4 Å². The smallest absolute Gasteiger partial charge is 0.252 e. The maximum atomic E-state index is 12.6. The maximum Gasteiger partial charge on any atom is 0.252 e. The Balaban J connectivity index is 1.45. The minimum absolute atomic E-state index is 0.0384.